The number of aliphatic hydroxyl groups excluding tert-OH is 1. The van der Waals surface area contributed by atoms with Crippen LogP contribution < -0.4 is 0 Å². The lowest BCUT2D eigenvalue weighted by Crippen LogP contribution is -2.15. The second-order valence-electron chi connectivity index (χ2n) is 5.23. The van der Waals surface area contributed by atoms with Gasteiger partial charge in [-0.2, -0.15) is 0 Å². The molecular weight excluding hydrogens is 272 g/mol. The number of carbonyl (C=O) groups is 2. The minimum atomic E-state index is -1.12. The van der Waals surface area contributed by atoms with E-state index in [4.69, 9.17) is 9.84 Å². The van der Waals surface area contributed by atoms with Crippen LogP contribution in [0.4, 0.5) is 0 Å². The van der Waals surface area contributed by atoms with Gasteiger partial charge >= 0.3 is 11.9 Å². The Hall–Kier alpha value is -1.36. The maximum Gasteiger partial charge on any atom is 0.331 e. The van der Waals surface area contributed by atoms with Crippen LogP contribution in [-0.4, -0.2) is 28.3 Å². The van der Waals surface area contributed by atoms with Crippen LogP contribution in [0.1, 0.15) is 71.6 Å². The second kappa shape index (κ2) is 12.4. The highest BCUT2D eigenvalue weighted by Gasteiger charge is 2.14. The van der Waals surface area contributed by atoms with E-state index in [0.717, 1.165) is 44.6 Å². The predicted octanol–water partition coefficient (Wildman–Crippen LogP) is 3.41. The lowest BCUT2D eigenvalue weighted by atomic mass is 10.1. The van der Waals surface area contributed by atoms with E-state index < -0.39 is 18.0 Å². The molecule has 0 fully saturated rings. The van der Waals surface area contributed by atoms with E-state index in [2.05, 4.69) is 6.92 Å². The van der Waals surface area contributed by atoms with Gasteiger partial charge in [-0.3, -0.25) is 4.79 Å². The predicted molar refractivity (Wildman–Crippen MR) is 80.7 cm³/mol. The monoisotopic (exact) mass is 300 g/mol. The summed E-state index contributed by atoms with van der Waals surface area (Å²) in [6.07, 6.45) is 7.04. The lowest BCUT2D eigenvalue weighted by Gasteiger charge is -2.11. The first-order valence-corrected chi connectivity index (χ1v) is 7.81. The molecule has 122 valence electrons. The molecule has 0 aliphatic rings. The summed E-state index contributed by atoms with van der Waals surface area (Å²) >= 11 is 0. The molecule has 0 heterocycles. The molecule has 0 aliphatic carbocycles. The molecule has 1 unspecified atom stereocenters. The minimum Gasteiger partial charge on any atom is -0.478 e. The van der Waals surface area contributed by atoms with Gasteiger partial charge in [0.05, 0.1) is 18.6 Å². The quantitative estimate of drug-likeness (QED) is 0.250. The van der Waals surface area contributed by atoms with Crippen LogP contribution in [0.3, 0.4) is 0 Å². The molecule has 0 saturated carbocycles. The van der Waals surface area contributed by atoms with Crippen LogP contribution in [-0.2, 0) is 14.3 Å². The number of carboxylic acid groups (broad SMARTS) is 1. The summed E-state index contributed by atoms with van der Waals surface area (Å²) in [5.41, 5.74) is 0. The molecule has 2 N–H and O–H groups in total. The number of esters is 1. The SMILES string of the molecule is CCCCCCCC(=CC(=O)O)OC(=O)CC(O)CCC. The largest absolute Gasteiger partial charge is 0.478 e. The maximum atomic E-state index is 11.6. The fourth-order valence-corrected chi connectivity index (χ4v) is 2.01. The molecule has 5 nitrogen and oxygen atoms in total. The Bertz CT molecular complexity index is 336. The molecule has 0 aromatic heterocycles. The number of aliphatic hydroxyl groups is 1. The van der Waals surface area contributed by atoms with Gasteiger partial charge in [-0.15, -0.1) is 0 Å². The third-order valence-electron chi connectivity index (χ3n) is 3.08. The molecule has 1 atom stereocenters. The average molecular weight is 300 g/mol. The molecular formula is C16H28O5. The fraction of sp³-hybridized carbons (Fsp3) is 0.750. The molecule has 0 radical (unpaired) electrons. The normalized spacial score (nSPS) is 13.0. The first-order valence-electron chi connectivity index (χ1n) is 7.81. The van der Waals surface area contributed by atoms with Crippen molar-refractivity contribution >= 4 is 11.9 Å². The summed E-state index contributed by atoms with van der Waals surface area (Å²) in [7, 11) is 0. The maximum absolute atomic E-state index is 11.6. The summed E-state index contributed by atoms with van der Waals surface area (Å²) in [4.78, 5) is 22.4. The molecule has 0 aliphatic heterocycles. The van der Waals surface area contributed by atoms with Gasteiger partial charge in [0.1, 0.15) is 5.76 Å². The van der Waals surface area contributed by atoms with Crippen molar-refractivity contribution in [3.8, 4) is 0 Å². The highest BCUT2D eigenvalue weighted by molar-refractivity contribution is 5.81. The zero-order chi connectivity index (χ0) is 16.1. The molecule has 0 spiro atoms. The average Bonchev–Trinajstić information content (AvgIpc) is 2.37. The summed E-state index contributed by atoms with van der Waals surface area (Å²) in [5, 5.41) is 18.3. The number of allylic oxidation sites excluding steroid dienone is 1. The molecule has 0 aromatic rings. The van der Waals surface area contributed by atoms with Crippen LogP contribution in [0.15, 0.2) is 11.8 Å². The van der Waals surface area contributed by atoms with Crippen molar-refractivity contribution in [3.63, 3.8) is 0 Å². The molecule has 0 rings (SSSR count). The van der Waals surface area contributed by atoms with Crippen molar-refractivity contribution < 1.29 is 24.5 Å². The molecule has 0 aromatic carbocycles. The summed E-state index contributed by atoms with van der Waals surface area (Å²) in [5.74, 6) is -1.52. The van der Waals surface area contributed by atoms with E-state index in [0.29, 0.717) is 12.8 Å². The van der Waals surface area contributed by atoms with Gasteiger partial charge in [0, 0.05) is 6.42 Å². The van der Waals surface area contributed by atoms with Gasteiger partial charge in [0.25, 0.3) is 0 Å². The van der Waals surface area contributed by atoms with E-state index in [9.17, 15) is 14.7 Å². The number of unbranched alkanes of at least 4 members (excludes halogenated alkanes) is 4. The Morgan fingerprint density at radius 3 is 2.33 bits per heavy atom. The number of rotatable bonds is 12. The van der Waals surface area contributed by atoms with Crippen LogP contribution in [0.25, 0.3) is 0 Å². The number of carboxylic acids is 1. The third-order valence-corrected chi connectivity index (χ3v) is 3.08. The topological polar surface area (TPSA) is 83.8 Å². The van der Waals surface area contributed by atoms with Crippen molar-refractivity contribution in [3.05, 3.63) is 11.8 Å². The van der Waals surface area contributed by atoms with Gasteiger partial charge in [-0.05, 0) is 12.8 Å². The highest BCUT2D eigenvalue weighted by Crippen LogP contribution is 2.14. The highest BCUT2D eigenvalue weighted by atomic mass is 16.5. The van der Waals surface area contributed by atoms with Crippen molar-refractivity contribution in [1.29, 1.82) is 0 Å². The Labute approximate surface area is 127 Å². The summed E-state index contributed by atoms with van der Waals surface area (Å²) in [6.45, 7) is 4.04. The van der Waals surface area contributed by atoms with Crippen molar-refractivity contribution in [2.75, 3.05) is 0 Å². The van der Waals surface area contributed by atoms with Crippen LogP contribution in [0, 0.1) is 0 Å². The van der Waals surface area contributed by atoms with Crippen molar-refractivity contribution in [2.45, 2.75) is 77.7 Å². The van der Waals surface area contributed by atoms with Crippen LogP contribution in [0.5, 0.6) is 0 Å². The van der Waals surface area contributed by atoms with Crippen LogP contribution >= 0.6 is 0 Å². The number of hydrogen-bond acceptors (Lipinski definition) is 4. The molecule has 0 saturated heterocycles. The molecule has 0 bridgehead atoms. The van der Waals surface area contributed by atoms with E-state index in [1.165, 1.54) is 0 Å². The third kappa shape index (κ3) is 12.1. The molecule has 21 heavy (non-hydrogen) atoms. The van der Waals surface area contributed by atoms with Crippen molar-refractivity contribution in [2.24, 2.45) is 0 Å². The Morgan fingerprint density at radius 1 is 1.10 bits per heavy atom. The number of ether oxygens (including phenoxy) is 1. The fourth-order valence-electron chi connectivity index (χ4n) is 2.01. The van der Waals surface area contributed by atoms with Gasteiger partial charge in [-0.1, -0.05) is 46.0 Å². The zero-order valence-corrected chi connectivity index (χ0v) is 13.1. The number of carbonyl (C=O) groups excluding carboxylic acids is 1. The van der Waals surface area contributed by atoms with Crippen LogP contribution in [0.2, 0.25) is 0 Å². The Balaban J connectivity index is 4.23. The zero-order valence-electron chi connectivity index (χ0n) is 13.1. The minimum absolute atomic E-state index is 0.0966. The van der Waals surface area contributed by atoms with E-state index in [-0.39, 0.29) is 12.2 Å². The first kappa shape index (κ1) is 19.6. The van der Waals surface area contributed by atoms with E-state index >= 15 is 0 Å². The Morgan fingerprint density at radius 2 is 1.76 bits per heavy atom. The standard InChI is InChI=1S/C16H28O5/c1-3-5-6-7-8-10-14(12-15(18)19)21-16(20)11-13(17)9-4-2/h12-13,17H,3-11H2,1-2H3,(H,18,19). The first-order chi connectivity index (χ1) is 9.99. The van der Waals surface area contributed by atoms with E-state index in [1.807, 2.05) is 6.92 Å². The second-order valence-corrected chi connectivity index (χ2v) is 5.23. The molecule has 5 heteroatoms. The van der Waals surface area contributed by atoms with Gasteiger partial charge in [-0.25, -0.2) is 4.79 Å². The van der Waals surface area contributed by atoms with Gasteiger partial charge in [0.2, 0.25) is 0 Å². The number of aliphatic carboxylic acids is 1. The lowest BCUT2D eigenvalue weighted by molar-refractivity contribution is -0.142. The van der Waals surface area contributed by atoms with E-state index in [1.54, 1.807) is 0 Å². The smallest absolute Gasteiger partial charge is 0.331 e. The number of hydrogen-bond donors (Lipinski definition) is 2. The Kier molecular flexibility index (Phi) is 11.6. The van der Waals surface area contributed by atoms with Crippen molar-refractivity contribution in [1.82, 2.24) is 0 Å². The van der Waals surface area contributed by atoms with Gasteiger partial charge in [0.15, 0.2) is 0 Å². The molecule has 0 amide bonds. The van der Waals surface area contributed by atoms with Gasteiger partial charge < -0.3 is 14.9 Å². The summed E-state index contributed by atoms with van der Waals surface area (Å²) in [6, 6.07) is 0. The summed E-state index contributed by atoms with van der Waals surface area (Å²) < 4.78 is 5.07.